The van der Waals surface area contributed by atoms with Gasteiger partial charge in [0, 0.05) is 25.0 Å². The fraction of sp³-hybridized carbons (Fsp3) is 0.533. The van der Waals surface area contributed by atoms with Crippen molar-refractivity contribution >= 4 is 5.96 Å². The molecule has 1 aromatic carbocycles. The first kappa shape index (κ1) is 14.1. The third-order valence-corrected chi connectivity index (χ3v) is 3.79. The summed E-state index contributed by atoms with van der Waals surface area (Å²) in [5.74, 6) is 1.45. The first-order valence-corrected chi connectivity index (χ1v) is 7.20. The average molecular weight is 295 g/mol. The number of halogens is 2. The van der Waals surface area contributed by atoms with Gasteiger partial charge in [0.15, 0.2) is 5.96 Å². The SMILES string of the molecule is CN=C(NC1CC1)N[C@@H]1C[C@H]1c1ccc(OC(F)F)cc1. The lowest BCUT2D eigenvalue weighted by molar-refractivity contribution is -0.0498. The molecule has 1 aromatic rings. The van der Waals surface area contributed by atoms with Crippen LogP contribution >= 0.6 is 0 Å². The summed E-state index contributed by atoms with van der Waals surface area (Å²) in [6.07, 6.45) is 3.45. The van der Waals surface area contributed by atoms with Crippen molar-refractivity contribution in [2.24, 2.45) is 4.99 Å². The van der Waals surface area contributed by atoms with Crippen molar-refractivity contribution in [2.75, 3.05) is 7.05 Å². The van der Waals surface area contributed by atoms with Crippen molar-refractivity contribution in [1.29, 1.82) is 0 Å². The number of nitrogens with zero attached hydrogens (tertiary/aromatic N) is 1. The maximum Gasteiger partial charge on any atom is 0.387 e. The number of nitrogens with one attached hydrogen (secondary N) is 2. The zero-order valence-electron chi connectivity index (χ0n) is 11.9. The van der Waals surface area contributed by atoms with Gasteiger partial charge in [-0.3, -0.25) is 4.99 Å². The standard InChI is InChI=1S/C15H19F2N3O/c1-18-15(19-10-4-5-10)20-13-8-12(13)9-2-6-11(7-3-9)21-14(16)17/h2-3,6-7,10,12-14H,4-5,8H2,1H3,(H2,18,19,20)/t12-,13+/m0/s1. The molecule has 0 radical (unpaired) electrons. The van der Waals surface area contributed by atoms with Gasteiger partial charge in [-0.25, -0.2) is 0 Å². The number of guanidine groups is 1. The van der Waals surface area contributed by atoms with Crippen LogP contribution < -0.4 is 15.4 Å². The molecule has 3 rings (SSSR count). The summed E-state index contributed by atoms with van der Waals surface area (Å²) in [5.41, 5.74) is 1.14. The molecule has 2 saturated carbocycles. The van der Waals surface area contributed by atoms with E-state index in [1.54, 1.807) is 19.2 Å². The smallest absolute Gasteiger partial charge is 0.387 e. The molecule has 2 aliphatic rings. The van der Waals surface area contributed by atoms with Gasteiger partial charge in [-0.2, -0.15) is 8.78 Å². The second kappa shape index (κ2) is 5.87. The molecule has 21 heavy (non-hydrogen) atoms. The van der Waals surface area contributed by atoms with Crippen LogP contribution in [0.4, 0.5) is 8.78 Å². The van der Waals surface area contributed by atoms with E-state index < -0.39 is 6.61 Å². The molecule has 4 nitrogen and oxygen atoms in total. The largest absolute Gasteiger partial charge is 0.435 e. The minimum Gasteiger partial charge on any atom is -0.435 e. The number of rotatable bonds is 5. The topological polar surface area (TPSA) is 45.7 Å². The van der Waals surface area contributed by atoms with Gasteiger partial charge in [0.1, 0.15) is 5.75 Å². The van der Waals surface area contributed by atoms with Crippen molar-refractivity contribution in [3.05, 3.63) is 29.8 Å². The van der Waals surface area contributed by atoms with E-state index in [-0.39, 0.29) is 5.75 Å². The minimum atomic E-state index is -2.77. The Labute approximate surface area is 122 Å². The second-order valence-corrected chi connectivity index (χ2v) is 5.53. The number of benzene rings is 1. The molecule has 0 aromatic heterocycles. The number of alkyl halides is 2. The van der Waals surface area contributed by atoms with Gasteiger partial charge in [0.25, 0.3) is 0 Å². The summed E-state index contributed by atoms with van der Waals surface area (Å²) in [6, 6.07) is 7.81. The lowest BCUT2D eigenvalue weighted by Crippen LogP contribution is -2.40. The zero-order valence-corrected chi connectivity index (χ0v) is 11.9. The molecule has 0 heterocycles. The third kappa shape index (κ3) is 3.83. The predicted octanol–water partition coefficient (Wildman–Crippen LogP) is 2.47. The molecule has 2 fully saturated rings. The summed E-state index contributed by atoms with van der Waals surface area (Å²) in [6.45, 7) is -2.77. The Hall–Kier alpha value is -1.85. The fourth-order valence-corrected chi connectivity index (χ4v) is 2.39. The summed E-state index contributed by atoms with van der Waals surface area (Å²) in [5, 5.41) is 6.75. The van der Waals surface area contributed by atoms with E-state index in [1.807, 2.05) is 12.1 Å². The highest BCUT2D eigenvalue weighted by Crippen LogP contribution is 2.41. The predicted molar refractivity (Wildman–Crippen MR) is 76.9 cm³/mol. The lowest BCUT2D eigenvalue weighted by Gasteiger charge is -2.11. The monoisotopic (exact) mass is 295 g/mol. The van der Waals surface area contributed by atoms with Crippen LogP contribution in [0, 0.1) is 0 Å². The summed E-state index contributed by atoms with van der Waals surface area (Å²) >= 11 is 0. The van der Waals surface area contributed by atoms with Gasteiger partial charge < -0.3 is 15.4 Å². The van der Waals surface area contributed by atoms with E-state index >= 15 is 0 Å². The Morgan fingerprint density at radius 1 is 1.24 bits per heavy atom. The van der Waals surface area contributed by atoms with Crippen LogP contribution in [0.15, 0.2) is 29.3 Å². The van der Waals surface area contributed by atoms with E-state index in [1.165, 1.54) is 12.8 Å². The van der Waals surface area contributed by atoms with E-state index in [0.717, 1.165) is 17.9 Å². The van der Waals surface area contributed by atoms with Crippen molar-refractivity contribution in [3.8, 4) is 5.75 Å². The third-order valence-electron chi connectivity index (χ3n) is 3.79. The Balaban J connectivity index is 1.52. The first-order chi connectivity index (χ1) is 10.2. The fourth-order valence-electron chi connectivity index (χ4n) is 2.39. The number of aliphatic imine (C=N–C) groups is 1. The first-order valence-electron chi connectivity index (χ1n) is 7.20. The van der Waals surface area contributed by atoms with E-state index in [2.05, 4.69) is 20.4 Å². The van der Waals surface area contributed by atoms with Gasteiger partial charge in [-0.1, -0.05) is 12.1 Å². The summed E-state index contributed by atoms with van der Waals surface area (Å²) in [7, 11) is 1.77. The summed E-state index contributed by atoms with van der Waals surface area (Å²) in [4.78, 5) is 4.21. The normalized spacial score (nSPS) is 24.9. The van der Waals surface area contributed by atoms with Crippen molar-refractivity contribution < 1.29 is 13.5 Å². The highest BCUT2D eigenvalue weighted by molar-refractivity contribution is 5.81. The molecular formula is C15H19F2N3O. The van der Waals surface area contributed by atoms with Crippen LogP contribution in [0.3, 0.4) is 0 Å². The lowest BCUT2D eigenvalue weighted by atomic mass is 10.1. The molecule has 0 saturated heterocycles. The highest BCUT2D eigenvalue weighted by atomic mass is 19.3. The van der Waals surface area contributed by atoms with Gasteiger partial charge in [-0.05, 0) is 37.0 Å². The molecule has 2 N–H and O–H groups in total. The molecule has 6 heteroatoms. The van der Waals surface area contributed by atoms with Crippen LogP contribution in [0.25, 0.3) is 0 Å². The number of ether oxygens (including phenoxy) is 1. The maximum absolute atomic E-state index is 12.1. The van der Waals surface area contributed by atoms with E-state index in [4.69, 9.17) is 0 Å². The van der Waals surface area contributed by atoms with Crippen molar-refractivity contribution in [3.63, 3.8) is 0 Å². The van der Waals surface area contributed by atoms with Crippen LogP contribution in [-0.2, 0) is 0 Å². The molecule has 0 bridgehead atoms. The second-order valence-electron chi connectivity index (χ2n) is 5.53. The van der Waals surface area contributed by atoms with Crippen LogP contribution in [0.5, 0.6) is 5.75 Å². The van der Waals surface area contributed by atoms with Crippen LogP contribution in [0.2, 0.25) is 0 Å². The van der Waals surface area contributed by atoms with Crippen LogP contribution in [-0.4, -0.2) is 31.7 Å². The van der Waals surface area contributed by atoms with Crippen molar-refractivity contribution in [1.82, 2.24) is 10.6 Å². The van der Waals surface area contributed by atoms with Gasteiger partial charge in [0.05, 0.1) is 0 Å². The molecule has 114 valence electrons. The van der Waals surface area contributed by atoms with Gasteiger partial charge in [0.2, 0.25) is 0 Å². The van der Waals surface area contributed by atoms with Gasteiger partial charge >= 0.3 is 6.61 Å². The quantitative estimate of drug-likeness (QED) is 0.648. The maximum atomic E-state index is 12.1. The molecule has 0 amide bonds. The zero-order chi connectivity index (χ0) is 14.8. The Morgan fingerprint density at radius 3 is 2.52 bits per heavy atom. The highest BCUT2D eigenvalue weighted by Gasteiger charge is 2.39. The van der Waals surface area contributed by atoms with Crippen molar-refractivity contribution in [2.45, 2.75) is 43.9 Å². The molecule has 2 atom stereocenters. The van der Waals surface area contributed by atoms with Crippen LogP contribution in [0.1, 0.15) is 30.7 Å². The summed E-state index contributed by atoms with van der Waals surface area (Å²) < 4.78 is 28.5. The Kier molecular flexibility index (Phi) is 3.94. The molecule has 0 spiro atoms. The molecular weight excluding hydrogens is 276 g/mol. The Bertz CT molecular complexity index is 514. The van der Waals surface area contributed by atoms with Gasteiger partial charge in [-0.15, -0.1) is 0 Å². The minimum absolute atomic E-state index is 0.199. The van der Waals surface area contributed by atoms with E-state index in [0.29, 0.717) is 18.0 Å². The molecule has 2 aliphatic carbocycles. The van der Waals surface area contributed by atoms with E-state index in [9.17, 15) is 8.78 Å². The number of hydrogen-bond donors (Lipinski definition) is 2. The average Bonchev–Trinajstić information content (AvgIpc) is 3.35. The Morgan fingerprint density at radius 2 is 1.95 bits per heavy atom. The number of hydrogen-bond acceptors (Lipinski definition) is 2. The molecule has 0 unspecified atom stereocenters. The molecule has 0 aliphatic heterocycles.